The van der Waals surface area contributed by atoms with E-state index in [9.17, 15) is 0 Å². The predicted octanol–water partition coefficient (Wildman–Crippen LogP) is 11.2. The molecule has 6 heteroatoms. The molecule has 1 aliphatic rings. The molecule has 6 nitrogen and oxygen atoms in total. The van der Waals surface area contributed by atoms with E-state index in [1.54, 1.807) is 0 Å². The third-order valence-corrected chi connectivity index (χ3v) is 10.1. The Hall–Kier alpha value is -6.92. The van der Waals surface area contributed by atoms with Crippen molar-refractivity contribution < 1.29 is 8.83 Å². The molecule has 0 saturated carbocycles. The van der Waals surface area contributed by atoms with E-state index in [-0.39, 0.29) is 0 Å². The number of nitrogens with one attached hydrogen (secondary N) is 1. The van der Waals surface area contributed by atoms with Crippen molar-refractivity contribution in [1.29, 1.82) is 0 Å². The number of fused-ring (bicyclic) bond motifs is 9. The molecule has 0 fully saturated rings. The normalized spacial score (nSPS) is 14.9. The molecule has 0 spiro atoms. The number of rotatable bonds is 4. The second-order valence-electron chi connectivity index (χ2n) is 13.0. The summed E-state index contributed by atoms with van der Waals surface area (Å²) in [6, 6.07) is 54.3. The van der Waals surface area contributed by atoms with E-state index < -0.39 is 6.29 Å². The van der Waals surface area contributed by atoms with Crippen molar-refractivity contribution in [3.8, 4) is 11.1 Å². The molecule has 10 aromatic rings. The Bertz CT molecular complexity index is 3020. The summed E-state index contributed by atoms with van der Waals surface area (Å²) in [4.78, 5) is 10.4. The summed E-state index contributed by atoms with van der Waals surface area (Å²) >= 11 is 0. The van der Waals surface area contributed by atoms with Crippen LogP contribution in [0.1, 0.15) is 17.4 Å². The summed E-state index contributed by atoms with van der Waals surface area (Å²) < 4.78 is 15.3. The number of para-hydroxylation sites is 4. The molecule has 0 amide bonds. The van der Waals surface area contributed by atoms with Crippen LogP contribution in [-0.2, 0) is 0 Å². The molecule has 11 rings (SSSR count). The maximum absolute atomic E-state index is 6.78. The summed E-state index contributed by atoms with van der Waals surface area (Å²) in [5.41, 5.74) is 9.54. The number of furan rings is 2. The van der Waals surface area contributed by atoms with Gasteiger partial charge in [-0.05, 0) is 42.0 Å². The summed E-state index contributed by atoms with van der Waals surface area (Å²) in [5.74, 6) is 1.40. The number of aromatic nitrogens is 1. The molecule has 0 saturated heterocycles. The van der Waals surface area contributed by atoms with Gasteiger partial charge in [0.1, 0.15) is 28.2 Å². The van der Waals surface area contributed by atoms with Crippen molar-refractivity contribution in [1.82, 2.24) is 9.88 Å². The number of amidine groups is 2. The molecule has 1 aliphatic heterocycles. The number of nitrogens with zero attached hydrogens (tertiary/aromatic N) is 3. The van der Waals surface area contributed by atoms with Crippen molar-refractivity contribution in [3.63, 3.8) is 0 Å². The Kier molecular flexibility index (Phi) is 5.92. The zero-order valence-electron chi connectivity index (χ0n) is 27.2. The number of aliphatic imine (C=N–C) groups is 2. The fourth-order valence-electron chi connectivity index (χ4n) is 7.81. The van der Waals surface area contributed by atoms with Crippen molar-refractivity contribution >= 4 is 77.4 Å². The topological polar surface area (TPSA) is 68.0 Å². The molecule has 1 unspecified atom stereocenters. The molecule has 1 N–H and O–H groups in total. The van der Waals surface area contributed by atoms with E-state index in [0.717, 1.165) is 83.0 Å². The fourth-order valence-corrected chi connectivity index (χ4v) is 7.81. The maximum atomic E-state index is 6.78. The van der Waals surface area contributed by atoms with Gasteiger partial charge in [0.25, 0.3) is 0 Å². The first-order chi connectivity index (χ1) is 25.3. The Morgan fingerprint density at radius 1 is 0.490 bits per heavy atom. The highest BCUT2D eigenvalue weighted by Gasteiger charge is 2.25. The molecular weight excluding hydrogens is 629 g/mol. The van der Waals surface area contributed by atoms with Crippen molar-refractivity contribution in [2.24, 2.45) is 9.98 Å². The molecule has 3 aromatic heterocycles. The monoisotopic (exact) mass is 656 g/mol. The number of hydrogen-bond acceptors (Lipinski definition) is 5. The van der Waals surface area contributed by atoms with E-state index in [1.165, 1.54) is 10.8 Å². The molecular formula is C45H28N4O2. The first-order valence-electron chi connectivity index (χ1n) is 17.1. The van der Waals surface area contributed by atoms with Crippen LogP contribution >= 0.6 is 0 Å². The Morgan fingerprint density at radius 2 is 1.16 bits per heavy atom. The zero-order chi connectivity index (χ0) is 33.5. The number of benzene rings is 7. The second kappa shape index (κ2) is 10.8. The van der Waals surface area contributed by atoms with Crippen LogP contribution in [0.25, 0.3) is 76.8 Å². The fraction of sp³-hybridized carbons (Fsp3) is 0.0222. The van der Waals surface area contributed by atoms with Crippen LogP contribution in [0.4, 0.5) is 0 Å². The van der Waals surface area contributed by atoms with Gasteiger partial charge in [0.2, 0.25) is 6.29 Å². The minimum absolute atomic E-state index is 0.430. The standard InChI is InChI=1S/C45H28N4O2/c1-2-12-27(13-3-1)43-46-44(48-45(47-43)49-36-20-7-4-14-29(36)30-15-5-8-21-37(30)49)28-24-25-31-33-18-10-19-34(42(33)51-40(31)26-28)32-17-11-23-39-41(32)35-16-6-9-22-38(35)50-39/h1-26,45H,(H,46,47,48). The van der Waals surface area contributed by atoms with E-state index in [1.807, 2.05) is 42.5 Å². The largest absolute Gasteiger partial charge is 0.456 e. The Morgan fingerprint density at radius 3 is 1.98 bits per heavy atom. The summed E-state index contributed by atoms with van der Waals surface area (Å²) in [6.07, 6.45) is -0.430. The van der Waals surface area contributed by atoms with Crippen molar-refractivity contribution in [2.45, 2.75) is 6.29 Å². The SMILES string of the molecule is c1ccc(C2=NC(c3ccc4c(c3)oc3c(-c5cccc6oc7ccccc7c56)cccc34)=NC(n3c4ccccc4c4ccccc43)N2)cc1. The van der Waals surface area contributed by atoms with E-state index >= 15 is 0 Å². The van der Waals surface area contributed by atoms with Crippen molar-refractivity contribution in [3.05, 3.63) is 169 Å². The Labute approximate surface area is 291 Å². The van der Waals surface area contributed by atoms with Crippen molar-refractivity contribution in [2.75, 3.05) is 0 Å². The van der Waals surface area contributed by atoms with Gasteiger partial charge < -0.3 is 18.7 Å². The van der Waals surface area contributed by atoms with Crippen LogP contribution in [0.3, 0.4) is 0 Å². The van der Waals surface area contributed by atoms with E-state index in [0.29, 0.717) is 5.84 Å². The highest BCUT2D eigenvalue weighted by molar-refractivity contribution is 6.19. The molecule has 240 valence electrons. The number of hydrogen-bond donors (Lipinski definition) is 1. The first kappa shape index (κ1) is 28.0. The lowest BCUT2D eigenvalue weighted by molar-refractivity contribution is 0.516. The predicted molar refractivity (Wildman–Crippen MR) is 208 cm³/mol. The minimum Gasteiger partial charge on any atom is -0.456 e. The third-order valence-electron chi connectivity index (χ3n) is 10.1. The maximum Gasteiger partial charge on any atom is 0.204 e. The van der Waals surface area contributed by atoms with Crippen LogP contribution in [-0.4, -0.2) is 16.2 Å². The van der Waals surface area contributed by atoms with E-state index in [2.05, 4.69) is 125 Å². The lowest BCUT2D eigenvalue weighted by atomic mass is 9.97. The van der Waals surface area contributed by atoms with Gasteiger partial charge in [-0.15, -0.1) is 0 Å². The molecule has 0 bridgehead atoms. The lowest BCUT2D eigenvalue weighted by Crippen LogP contribution is -2.36. The highest BCUT2D eigenvalue weighted by Crippen LogP contribution is 2.42. The van der Waals surface area contributed by atoms with Gasteiger partial charge in [0.15, 0.2) is 5.84 Å². The van der Waals surface area contributed by atoms with Gasteiger partial charge in [0.05, 0.1) is 11.0 Å². The lowest BCUT2D eigenvalue weighted by Gasteiger charge is -2.25. The van der Waals surface area contributed by atoms with Gasteiger partial charge in [-0.2, -0.15) is 0 Å². The van der Waals surface area contributed by atoms with Gasteiger partial charge >= 0.3 is 0 Å². The first-order valence-corrected chi connectivity index (χ1v) is 17.1. The Balaban J connectivity index is 1.10. The van der Waals surface area contributed by atoms with Crippen LogP contribution < -0.4 is 5.32 Å². The summed E-state index contributed by atoms with van der Waals surface area (Å²) in [7, 11) is 0. The highest BCUT2D eigenvalue weighted by atomic mass is 16.3. The van der Waals surface area contributed by atoms with Gasteiger partial charge in [-0.1, -0.05) is 121 Å². The molecule has 0 radical (unpaired) electrons. The molecule has 0 aliphatic carbocycles. The van der Waals surface area contributed by atoms with Gasteiger partial charge in [-0.25, -0.2) is 9.98 Å². The zero-order valence-corrected chi connectivity index (χ0v) is 27.2. The minimum atomic E-state index is -0.430. The van der Waals surface area contributed by atoms with Gasteiger partial charge in [-0.3, -0.25) is 0 Å². The van der Waals surface area contributed by atoms with Crippen LogP contribution in [0, 0.1) is 0 Å². The second-order valence-corrected chi connectivity index (χ2v) is 13.0. The quantitative estimate of drug-likeness (QED) is 0.205. The van der Waals surface area contributed by atoms with Crippen LogP contribution in [0.5, 0.6) is 0 Å². The van der Waals surface area contributed by atoms with Crippen LogP contribution in [0.15, 0.2) is 177 Å². The summed E-state index contributed by atoms with van der Waals surface area (Å²) in [6.45, 7) is 0. The van der Waals surface area contributed by atoms with Gasteiger partial charge in [0, 0.05) is 49.0 Å². The molecule has 4 heterocycles. The third kappa shape index (κ3) is 4.23. The van der Waals surface area contributed by atoms with E-state index in [4.69, 9.17) is 18.8 Å². The molecule has 51 heavy (non-hydrogen) atoms. The molecule has 1 atom stereocenters. The molecule has 7 aromatic carbocycles. The summed E-state index contributed by atoms with van der Waals surface area (Å²) in [5, 5.41) is 10.3. The van der Waals surface area contributed by atoms with Crippen LogP contribution in [0.2, 0.25) is 0 Å². The smallest absolute Gasteiger partial charge is 0.204 e. The average Bonchev–Trinajstić information content (AvgIpc) is 3.87. The average molecular weight is 657 g/mol.